The molecule has 1 atom stereocenters. The molecule has 32 heavy (non-hydrogen) atoms. The van der Waals surface area contributed by atoms with E-state index in [-0.39, 0.29) is 17.7 Å². The number of rotatable bonds is 4. The molecular weight excluding hydrogens is 426 g/mol. The van der Waals surface area contributed by atoms with Gasteiger partial charge >= 0.3 is 0 Å². The Hall–Kier alpha value is -2.73. The fourth-order valence-corrected chi connectivity index (χ4v) is 4.71. The molecule has 2 heterocycles. The van der Waals surface area contributed by atoms with Crippen LogP contribution in [-0.4, -0.2) is 68.0 Å². The average Bonchev–Trinajstić information content (AvgIpc) is 3.10. The van der Waals surface area contributed by atoms with Gasteiger partial charge < -0.3 is 19.4 Å². The van der Waals surface area contributed by atoms with Crippen LogP contribution in [0.15, 0.2) is 48.5 Å². The van der Waals surface area contributed by atoms with Gasteiger partial charge in [0.15, 0.2) is 0 Å². The molecule has 0 bridgehead atoms. The molecule has 7 heteroatoms. The van der Waals surface area contributed by atoms with Gasteiger partial charge in [-0.2, -0.15) is 0 Å². The summed E-state index contributed by atoms with van der Waals surface area (Å²) < 4.78 is 5.25. The zero-order valence-corrected chi connectivity index (χ0v) is 19.3. The summed E-state index contributed by atoms with van der Waals surface area (Å²) in [5.41, 5.74) is 1.77. The van der Waals surface area contributed by atoms with E-state index >= 15 is 0 Å². The summed E-state index contributed by atoms with van der Waals surface area (Å²) >= 11 is 5.95. The van der Waals surface area contributed by atoms with Gasteiger partial charge in [0.2, 0.25) is 5.91 Å². The number of likely N-dealkylation sites (tertiary alicyclic amines) is 1. The maximum Gasteiger partial charge on any atom is 0.253 e. The van der Waals surface area contributed by atoms with Crippen LogP contribution < -0.4 is 9.64 Å². The molecule has 2 aliphatic heterocycles. The number of methoxy groups -OCH3 is 1. The highest BCUT2D eigenvalue weighted by Crippen LogP contribution is 2.24. The number of halogens is 1. The van der Waals surface area contributed by atoms with Crippen molar-refractivity contribution < 1.29 is 14.3 Å². The van der Waals surface area contributed by atoms with Crippen LogP contribution in [0, 0.1) is 5.92 Å². The van der Waals surface area contributed by atoms with Gasteiger partial charge in [-0.25, -0.2) is 0 Å². The molecule has 0 N–H and O–H groups in total. The van der Waals surface area contributed by atoms with Crippen molar-refractivity contribution in [3.63, 3.8) is 0 Å². The number of amides is 2. The van der Waals surface area contributed by atoms with E-state index in [2.05, 4.69) is 17.0 Å². The van der Waals surface area contributed by atoms with E-state index in [9.17, 15) is 9.59 Å². The van der Waals surface area contributed by atoms with Crippen molar-refractivity contribution in [1.82, 2.24) is 9.80 Å². The van der Waals surface area contributed by atoms with E-state index in [1.807, 2.05) is 21.9 Å². The largest absolute Gasteiger partial charge is 0.497 e. The maximum absolute atomic E-state index is 13.3. The predicted octanol–water partition coefficient (Wildman–Crippen LogP) is 3.94. The first kappa shape index (κ1) is 22.5. The summed E-state index contributed by atoms with van der Waals surface area (Å²) in [7, 11) is 1.67. The Morgan fingerprint density at radius 2 is 1.59 bits per heavy atom. The first-order valence-corrected chi connectivity index (χ1v) is 11.7. The number of benzene rings is 2. The lowest BCUT2D eigenvalue weighted by Crippen LogP contribution is -2.47. The molecule has 0 aliphatic carbocycles. The van der Waals surface area contributed by atoms with E-state index in [1.165, 1.54) is 0 Å². The summed E-state index contributed by atoms with van der Waals surface area (Å²) in [5.74, 6) is 0.860. The Kier molecular flexibility index (Phi) is 7.20. The molecule has 2 aromatic carbocycles. The lowest BCUT2D eigenvalue weighted by Gasteiger charge is -2.35. The number of ether oxygens (including phenoxy) is 1. The quantitative estimate of drug-likeness (QED) is 0.700. The summed E-state index contributed by atoms with van der Waals surface area (Å²) in [4.78, 5) is 32.3. The third-order valence-electron chi connectivity index (χ3n) is 6.39. The minimum absolute atomic E-state index is 0.0271. The number of carbonyl (C=O) groups excluding carboxylic acids is 2. The van der Waals surface area contributed by atoms with Crippen LogP contribution in [0.1, 0.15) is 29.6 Å². The average molecular weight is 456 g/mol. The van der Waals surface area contributed by atoms with Gasteiger partial charge in [0.1, 0.15) is 5.75 Å². The number of hydrogen-bond donors (Lipinski definition) is 0. The Morgan fingerprint density at radius 1 is 0.875 bits per heavy atom. The van der Waals surface area contributed by atoms with Crippen LogP contribution in [0.4, 0.5) is 5.69 Å². The number of nitrogens with zero attached hydrogens (tertiary/aromatic N) is 3. The summed E-state index contributed by atoms with van der Waals surface area (Å²) in [6.45, 7) is 4.36. The smallest absolute Gasteiger partial charge is 0.253 e. The number of piperidine rings is 1. The second-order valence-electron chi connectivity index (χ2n) is 8.46. The molecule has 0 radical (unpaired) electrons. The highest BCUT2D eigenvalue weighted by molar-refractivity contribution is 6.30. The molecule has 4 rings (SSSR count). The number of anilines is 1. The van der Waals surface area contributed by atoms with Crippen LogP contribution >= 0.6 is 11.6 Å². The zero-order valence-electron chi connectivity index (χ0n) is 18.5. The molecule has 2 saturated heterocycles. The fourth-order valence-electron chi connectivity index (χ4n) is 4.59. The minimum atomic E-state index is -0.132. The van der Waals surface area contributed by atoms with E-state index in [1.54, 1.807) is 31.4 Å². The van der Waals surface area contributed by atoms with Gasteiger partial charge in [-0.05, 0) is 67.8 Å². The molecule has 6 nitrogen and oxygen atoms in total. The Balaban J connectivity index is 1.36. The van der Waals surface area contributed by atoms with Crippen molar-refractivity contribution >= 4 is 29.1 Å². The first-order valence-electron chi connectivity index (χ1n) is 11.3. The molecule has 0 saturated carbocycles. The Morgan fingerprint density at radius 3 is 2.31 bits per heavy atom. The lowest BCUT2D eigenvalue weighted by atomic mass is 9.95. The molecule has 2 fully saturated rings. The minimum Gasteiger partial charge on any atom is -0.497 e. The van der Waals surface area contributed by atoms with Crippen LogP contribution in [0.2, 0.25) is 5.02 Å². The van der Waals surface area contributed by atoms with Crippen molar-refractivity contribution in [1.29, 1.82) is 0 Å². The van der Waals surface area contributed by atoms with Crippen LogP contribution in [0.5, 0.6) is 5.75 Å². The molecule has 0 aromatic heterocycles. The van der Waals surface area contributed by atoms with Crippen molar-refractivity contribution in [2.24, 2.45) is 5.92 Å². The van der Waals surface area contributed by atoms with E-state index in [4.69, 9.17) is 16.3 Å². The second-order valence-corrected chi connectivity index (χ2v) is 8.90. The summed E-state index contributed by atoms with van der Waals surface area (Å²) in [5, 5.41) is 0.609. The molecule has 0 spiro atoms. The topological polar surface area (TPSA) is 53.1 Å². The normalized spacial score (nSPS) is 19.4. The first-order chi connectivity index (χ1) is 15.5. The maximum atomic E-state index is 13.3. The highest BCUT2D eigenvalue weighted by atomic mass is 35.5. The predicted molar refractivity (Wildman–Crippen MR) is 126 cm³/mol. The van der Waals surface area contributed by atoms with Gasteiger partial charge in [0, 0.05) is 55.5 Å². The van der Waals surface area contributed by atoms with Crippen molar-refractivity contribution in [3.05, 3.63) is 59.1 Å². The summed E-state index contributed by atoms with van der Waals surface area (Å²) in [6, 6.07) is 15.0. The molecular formula is C25H30ClN3O3. The second kappa shape index (κ2) is 10.3. The molecule has 1 unspecified atom stereocenters. The number of hydrogen-bond acceptors (Lipinski definition) is 4. The third-order valence-corrected chi connectivity index (χ3v) is 6.65. The van der Waals surface area contributed by atoms with Gasteiger partial charge in [0.25, 0.3) is 5.91 Å². The van der Waals surface area contributed by atoms with E-state index in [0.29, 0.717) is 30.2 Å². The van der Waals surface area contributed by atoms with Crippen molar-refractivity contribution in [3.8, 4) is 5.75 Å². The molecule has 2 aliphatic rings. The van der Waals surface area contributed by atoms with Crippen LogP contribution in [-0.2, 0) is 4.79 Å². The molecule has 170 valence electrons. The highest BCUT2D eigenvalue weighted by Gasteiger charge is 2.32. The van der Waals surface area contributed by atoms with E-state index in [0.717, 1.165) is 50.3 Å². The number of carbonyl (C=O) groups is 2. The van der Waals surface area contributed by atoms with Crippen LogP contribution in [0.25, 0.3) is 0 Å². The van der Waals surface area contributed by atoms with Crippen molar-refractivity contribution in [2.45, 2.75) is 19.3 Å². The monoisotopic (exact) mass is 455 g/mol. The van der Waals surface area contributed by atoms with Crippen molar-refractivity contribution in [2.75, 3.05) is 51.3 Å². The van der Waals surface area contributed by atoms with Gasteiger partial charge in [-0.3, -0.25) is 9.59 Å². The Labute approximate surface area is 194 Å². The molecule has 2 aromatic rings. The van der Waals surface area contributed by atoms with Gasteiger partial charge in [-0.1, -0.05) is 11.6 Å². The standard InChI is InChI=1S/C25H30ClN3O3/c1-32-23-11-9-22(10-12-23)27-14-3-15-28(17-16-27)25(31)20-4-2-13-29(18-20)24(30)19-5-7-21(26)8-6-19/h5-12,20H,2-4,13-18H2,1H3. The fraction of sp³-hybridized carbons (Fsp3) is 0.440. The zero-order chi connectivity index (χ0) is 22.5. The Bertz CT molecular complexity index is 932. The van der Waals surface area contributed by atoms with Gasteiger partial charge in [0.05, 0.1) is 13.0 Å². The van der Waals surface area contributed by atoms with E-state index < -0.39 is 0 Å². The van der Waals surface area contributed by atoms with Gasteiger partial charge in [-0.15, -0.1) is 0 Å². The van der Waals surface area contributed by atoms with Crippen LogP contribution in [0.3, 0.4) is 0 Å². The summed E-state index contributed by atoms with van der Waals surface area (Å²) in [6.07, 6.45) is 2.61. The third kappa shape index (κ3) is 5.18. The lowest BCUT2D eigenvalue weighted by molar-refractivity contribution is -0.136. The SMILES string of the molecule is COc1ccc(N2CCCN(C(=O)C3CCCN(C(=O)c4ccc(Cl)cc4)C3)CC2)cc1. The molecule has 2 amide bonds.